The first kappa shape index (κ1) is 26.9. The van der Waals surface area contributed by atoms with Crippen LogP contribution < -0.4 is 0 Å². The first-order chi connectivity index (χ1) is 13.3. The number of rotatable bonds is 23. The van der Waals surface area contributed by atoms with Crippen molar-refractivity contribution in [3.63, 3.8) is 0 Å². The molecule has 0 saturated heterocycles. The summed E-state index contributed by atoms with van der Waals surface area (Å²) >= 11 is 0. The van der Waals surface area contributed by atoms with E-state index in [0.717, 1.165) is 19.4 Å². The second kappa shape index (κ2) is 24.0. The third kappa shape index (κ3) is 22.1. The van der Waals surface area contributed by atoms with E-state index in [0.29, 0.717) is 0 Å². The van der Waals surface area contributed by atoms with Crippen molar-refractivity contribution < 1.29 is 9.84 Å². The normalized spacial score (nSPS) is 12.6. The Morgan fingerprint density at radius 3 is 1.30 bits per heavy atom. The van der Waals surface area contributed by atoms with E-state index in [4.69, 9.17) is 4.74 Å². The van der Waals surface area contributed by atoms with Gasteiger partial charge in [-0.3, -0.25) is 0 Å². The molecule has 0 heterocycles. The van der Waals surface area contributed by atoms with Crippen LogP contribution >= 0.6 is 0 Å². The van der Waals surface area contributed by atoms with Gasteiger partial charge in [-0.2, -0.15) is 0 Å². The lowest BCUT2D eigenvalue weighted by molar-refractivity contribution is 0.00497. The fraction of sp³-hybridized carbons (Fsp3) is 1.00. The zero-order valence-corrected chi connectivity index (χ0v) is 19.0. The van der Waals surface area contributed by atoms with E-state index >= 15 is 0 Å². The second-order valence-electron chi connectivity index (χ2n) is 8.47. The molecule has 0 aliphatic rings. The quantitative estimate of drug-likeness (QED) is 0.180. The van der Waals surface area contributed by atoms with Gasteiger partial charge >= 0.3 is 0 Å². The molecule has 0 bridgehead atoms. The van der Waals surface area contributed by atoms with Crippen molar-refractivity contribution in [2.75, 3.05) is 13.2 Å². The lowest BCUT2D eigenvalue weighted by Crippen LogP contribution is -2.18. The Morgan fingerprint density at radius 2 is 0.889 bits per heavy atom. The predicted octanol–water partition coefficient (Wildman–Crippen LogP) is 8.21. The van der Waals surface area contributed by atoms with Crippen molar-refractivity contribution in [2.24, 2.45) is 0 Å². The zero-order valence-electron chi connectivity index (χ0n) is 19.0. The van der Waals surface area contributed by atoms with Crippen LogP contribution in [-0.4, -0.2) is 24.4 Å². The number of unbranched alkanes of at least 4 members (excludes halogenated alkanes) is 17. The molecule has 0 aromatic rings. The molecule has 1 N–H and O–H groups in total. The number of aliphatic hydroxyl groups excluding tert-OH is 1. The Hall–Kier alpha value is -0.0800. The largest absolute Gasteiger partial charge is 0.394 e. The highest BCUT2D eigenvalue weighted by Crippen LogP contribution is 2.14. The van der Waals surface area contributed by atoms with Gasteiger partial charge in [0.2, 0.25) is 0 Å². The number of hydrogen-bond acceptors (Lipinski definition) is 2. The maximum Gasteiger partial charge on any atom is 0.0805 e. The lowest BCUT2D eigenvalue weighted by atomic mass is 10.0. The van der Waals surface area contributed by atoms with E-state index in [2.05, 4.69) is 13.8 Å². The molecule has 164 valence electrons. The average molecular weight is 385 g/mol. The number of ether oxygens (including phenoxy) is 1. The minimum Gasteiger partial charge on any atom is -0.394 e. The summed E-state index contributed by atoms with van der Waals surface area (Å²) in [4.78, 5) is 0. The van der Waals surface area contributed by atoms with Crippen LogP contribution in [0.3, 0.4) is 0 Å². The molecule has 0 rings (SSSR count). The fourth-order valence-electron chi connectivity index (χ4n) is 3.75. The van der Waals surface area contributed by atoms with E-state index in [1.165, 1.54) is 116 Å². The van der Waals surface area contributed by atoms with E-state index in [1.54, 1.807) is 0 Å². The Bertz CT molecular complexity index is 255. The molecule has 0 radical (unpaired) electrons. The fourth-order valence-corrected chi connectivity index (χ4v) is 3.75. The average Bonchev–Trinajstić information content (AvgIpc) is 2.69. The van der Waals surface area contributed by atoms with Crippen LogP contribution in [0.2, 0.25) is 0 Å². The highest BCUT2D eigenvalue weighted by Gasteiger charge is 2.07. The summed E-state index contributed by atoms with van der Waals surface area (Å²) in [6, 6.07) is 0. The zero-order chi connectivity index (χ0) is 19.8. The highest BCUT2D eigenvalue weighted by atomic mass is 16.5. The minimum absolute atomic E-state index is 0.0770. The van der Waals surface area contributed by atoms with Crippen LogP contribution in [0.4, 0.5) is 0 Å². The number of hydrogen-bond donors (Lipinski definition) is 1. The van der Waals surface area contributed by atoms with Gasteiger partial charge in [0.1, 0.15) is 0 Å². The standard InChI is InChI=1S/C25H52O2/c1-3-5-7-9-11-13-14-15-16-18-20-22-25(24-26)27-23-21-19-17-12-10-8-6-4-2/h25-26H,3-24H2,1-2H3. The van der Waals surface area contributed by atoms with E-state index in [1.807, 2.05) is 0 Å². The molecule has 2 nitrogen and oxygen atoms in total. The van der Waals surface area contributed by atoms with Gasteiger partial charge in [0.05, 0.1) is 12.7 Å². The van der Waals surface area contributed by atoms with Gasteiger partial charge in [-0.25, -0.2) is 0 Å². The maximum atomic E-state index is 9.49. The lowest BCUT2D eigenvalue weighted by Gasteiger charge is -2.15. The van der Waals surface area contributed by atoms with Gasteiger partial charge < -0.3 is 9.84 Å². The van der Waals surface area contributed by atoms with Gasteiger partial charge in [0.25, 0.3) is 0 Å². The van der Waals surface area contributed by atoms with Crippen molar-refractivity contribution in [1.29, 1.82) is 0 Å². The summed E-state index contributed by atoms with van der Waals surface area (Å²) < 4.78 is 5.88. The first-order valence-electron chi connectivity index (χ1n) is 12.6. The second-order valence-corrected chi connectivity index (χ2v) is 8.47. The van der Waals surface area contributed by atoms with Crippen LogP contribution in [0.15, 0.2) is 0 Å². The van der Waals surface area contributed by atoms with Crippen molar-refractivity contribution in [2.45, 2.75) is 148 Å². The molecule has 1 atom stereocenters. The summed E-state index contributed by atoms with van der Waals surface area (Å²) in [6.07, 6.45) is 26.9. The predicted molar refractivity (Wildman–Crippen MR) is 121 cm³/mol. The summed E-state index contributed by atoms with van der Waals surface area (Å²) in [6.45, 7) is 5.57. The smallest absolute Gasteiger partial charge is 0.0805 e. The van der Waals surface area contributed by atoms with Crippen molar-refractivity contribution >= 4 is 0 Å². The summed E-state index contributed by atoms with van der Waals surface area (Å²) in [5, 5.41) is 9.49. The molecule has 1 unspecified atom stereocenters. The van der Waals surface area contributed by atoms with Gasteiger partial charge in [-0.05, 0) is 12.8 Å². The molecule has 0 aromatic carbocycles. The van der Waals surface area contributed by atoms with Crippen molar-refractivity contribution in [3.05, 3.63) is 0 Å². The van der Waals surface area contributed by atoms with Crippen LogP contribution in [0, 0.1) is 0 Å². The molecule has 0 amide bonds. The molecule has 0 saturated carbocycles. The highest BCUT2D eigenvalue weighted by molar-refractivity contribution is 4.57. The topological polar surface area (TPSA) is 29.5 Å². The monoisotopic (exact) mass is 384 g/mol. The van der Waals surface area contributed by atoms with Gasteiger partial charge in [-0.1, -0.05) is 129 Å². The number of aliphatic hydroxyl groups is 1. The SMILES string of the molecule is CCCCCCCCCCCCCC(CO)OCCCCCCCCCC. The van der Waals surface area contributed by atoms with Crippen molar-refractivity contribution in [3.8, 4) is 0 Å². The molecule has 27 heavy (non-hydrogen) atoms. The Morgan fingerprint density at radius 1 is 0.519 bits per heavy atom. The molecule has 2 heteroatoms. The van der Waals surface area contributed by atoms with Crippen LogP contribution in [0.25, 0.3) is 0 Å². The summed E-state index contributed by atoms with van der Waals surface area (Å²) in [5.74, 6) is 0. The first-order valence-corrected chi connectivity index (χ1v) is 12.6. The third-order valence-electron chi connectivity index (χ3n) is 5.68. The van der Waals surface area contributed by atoms with E-state index in [9.17, 15) is 5.11 Å². The molecule has 0 aliphatic heterocycles. The summed E-state index contributed by atoms with van der Waals surface area (Å²) in [5.41, 5.74) is 0. The molecular weight excluding hydrogens is 332 g/mol. The summed E-state index contributed by atoms with van der Waals surface area (Å²) in [7, 11) is 0. The van der Waals surface area contributed by atoms with E-state index < -0.39 is 0 Å². The third-order valence-corrected chi connectivity index (χ3v) is 5.68. The maximum absolute atomic E-state index is 9.49. The van der Waals surface area contributed by atoms with E-state index in [-0.39, 0.29) is 12.7 Å². The molecule has 0 aliphatic carbocycles. The van der Waals surface area contributed by atoms with Crippen LogP contribution in [0.1, 0.15) is 142 Å². The Kier molecular flexibility index (Phi) is 23.9. The van der Waals surface area contributed by atoms with Gasteiger partial charge in [-0.15, -0.1) is 0 Å². The van der Waals surface area contributed by atoms with Gasteiger partial charge in [0.15, 0.2) is 0 Å². The molecule has 0 spiro atoms. The molecule has 0 fully saturated rings. The van der Waals surface area contributed by atoms with Gasteiger partial charge in [0, 0.05) is 6.61 Å². The Labute approximate surface area is 171 Å². The molecular formula is C25H52O2. The molecule has 0 aromatic heterocycles. The van der Waals surface area contributed by atoms with Crippen LogP contribution in [-0.2, 0) is 4.74 Å². The Balaban J connectivity index is 3.27. The van der Waals surface area contributed by atoms with Crippen molar-refractivity contribution in [1.82, 2.24) is 0 Å². The van der Waals surface area contributed by atoms with Crippen LogP contribution in [0.5, 0.6) is 0 Å². The minimum atomic E-state index is 0.0770.